The Hall–Kier alpha value is -1.19. The highest BCUT2D eigenvalue weighted by molar-refractivity contribution is 7.10. The fourth-order valence-electron chi connectivity index (χ4n) is 2.73. The predicted octanol–water partition coefficient (Wildman–Crippen LogP) is 4.48. The summed E-state index contributed by atoms with van der Waals surface area (Å²) in [6.45, 7) is 2.22. The number of benzene rings is 1. The van der Waals surface area contributed by atoms with Crippen LogP contribution in [0.1, 0.15) is 42.2 Å². The fourth-order valence-corrected chi connectivity index (χ4v) is 3.48. The lowest BCUT2D eigenvalue weighted by Gasteiger charge is -2.38. The molecule has 3 rings (SSSR count). The zero-order valence-corrected chi connectivity index (χ0v) is 11.8. The summed E-state index contributed by atoms with van der Waals surface area (Å²) in [5.41, 5.74) is 1.27. The van der Waals surface area contributed by atoms with E-state index in [4.69, 9.17) is 0 Å². The molecule has 0 aliphatic heterocycles. The molecule has 1 atom stereocenters. The van der Waals surface area contributed by atoms with Gasteiger partial charge in [0.15, 0.2) is 0 Å². The van der Waals surface area contributed by atoms with Gasteiger partial charge < -0.3 is 5.32 Å². The molecule has 0 amide bonds. The Labute approximate surface area is 117 Å². The summed E-state index contributed by atoms with van der Waals surface area (Å²) >= 11 is 1.80. The molecule has 0 unspecified atom stereocenters. The number of rotatable bonds is 4. The predicted molar refractivity (Wildman–Crippen MR) is 78.0 cm³/mol. The second-order valence-corrected chi connectivity index (χ2v) is 6.30. The van der Waals surface area contributed by atoms with Gasteiger partial charge in [-0.15, -0.1) is 11.3 Å². The van der Waals surface area contributed by atoms with Crippen molar-refractivity contribution in [1.29, 1.82) is 0 Å². The molecular formula is C16H18FNS. The minimum atomic E-state index is -0.149. The SMILES string of the molecule is C[C@H](NC1CC(c2ccc(F)cc2)C1)c1cccs1. The number of hydrogen-bond acceptors (Lipinski definition) is 2. The van der Waals surface area contributed by atoms with E-state index in [-0.39, 0.29) is 5.82 Å². The molecule has 0 spiro atoms. The topological polar surface area (TPSA) is 12.0 Å². The molecule has 1 saturated carbocycles. The van der Waals surface area contributed by atoms with E-state index >= 15 is 0 Å². The first-order chi connectivity index (χ1) is 9.22. The second-order valence-electron chi connectivity index (χ2n) is 5.32. The maximum Gasteiger partial charge on any atom is 0.123 e. The third-order valence-corrected chi connectivity index (χ3v) is 4.99. The highest BCUT2D eigenvalue weighted by Gasteiger charge is 2.31. The molecule has 0 bridgehead atoms. The molecule has 0 saturated heterocycles. The first kappa shape index (κ1) is 12.8. The van der Waals surface area contributed by atoms with Crippen LogP contribution in [-0.4, -0.2) is 6.04 Å². The van der Waals surface area contributed by atoms with Crippen LogP contribution < -0.4 is 5.32 Å². The second kappa shape index (κ2) is 5.43. The van der Waals surface area contributed by atoms with Crippen molar-refractivity contribution in [3.05, 3.63) is 58.0 Å². The average Bonchev–Trinajstić information content (AvgIpc) is 2.88. The van der Waals surface area contributed by atoms with Crippen LogP contribution in [0.25, 0.3) is 0 Å². The largest absolute Gasteiger partial charge is 0.307 e. The molecule has 1 N–H and O–H groups in total. The molecule has 1 heterocycles. The highest BCUT2D eigenvalue weighted by Crippen LogP contribution is 2.38. The quantitative estimate of drug-likeness (QED) is 0.867. The van der Waals surface area contributed by atoms with Gasteiger partial charge in [0.1, 0.15) is 5.82 Å². The number of halogens is 1. The Kier molecular flexibility index (Phi) is 3.67. The van der Waals surface area contributed by atoms with E-state index in [0.717, 1.165) is 12.8 Å². The fraction of sp³-hybridized carbons (Fsp3) is 0.375. The van der Waals surface area contributed by atoms with Crippen LogP contribution in [0, 0.1) is 5.82 Å². The van der Waals surface area contributed by atoms with Crippen LogP contribution in [0.5, 0.6) is 0 Å². The van der Waals surface area contributed by atoms with E-state index in [1.54, 1.807) is 23.5 Å². The van der Waals surface area contributed by atoms with Gasteiger partial charge in [0.05, 0.1) is 0 Å². The van der Waals surface area contributed by atoms with Crippen molar-refractivity contribution in [2.75, 3.05) is 0 Å². The number of nitrogens with one attached hydrogen (secondary N) is 1. The molecule has 1 aromatic heterocycles. The van der Waals surface area contributed by atoms with Crippen LogP contribution >= 0.6 is 11.3 Å². The van der Waals surface area contributed by atoms with Gasteiger partial charge in [-0.1, -0.05) is 18.2 Å². The maximum atomic E-state index is 12.9. The Morgan fingerprint density at radius 3 is 2.58 bits per heavy atom. The normalized spacial score (nSPS) is 23.9. The van der Waals surface area contributed by atoms with Crippen molar-refractivity contribution in [2.24, 2.45) is 0 Å². The van der Waals surface area contributed by atoms with E-state index in [9.17, 15) is 4.39 Å². The summed E-state index contributed by atoms with van der Waals surface area (Å²) in [4.78, 5) is 1.39. The van der Waals surface area contributed by atoms with Crippen molar-refractivity contribution in [1.82, 2.24) is 5.32 Å². The van der Waals surface area contributed by atoms with E-state index < -0.39 is 0 Å². The molecular weight excluding hydrogens is 257 g/mol. The van der Waals surface area contributed by atoms with Crippen molar-refractivity contribution < 1.29 is 4.39 Å². The minimum absolute atomic E-state index is 0.149. The summed E-state index contributed by atoms with van der Waals surface area (Å²) < 4.78 is 12.9. The number of hydrogen-bond donors (Lipinski definition) is 1. The van der Waals surface area contributed by atoms with Crippen LogP contribution in [0.4, 0.5) is 4.39 Å². The molecule has 19 heavy (non-hydrogen) atoms. The van der Waals surface area contributed by atoms with Crippen molar-refractivity contribution in [3.63, 3.8) is 0 Å². The summed E-state index contributed by atoms with van der Waals surface area (Å²) in [7, 11) is 0. The molecule has 0 radical (unpaired) electrons. The van der Waals surface area contributed by atoms with E-state index in [1.165, 1.54) is 10.4 Å². The van der Waals surface area contributed by atoms with E-state index in [2.05, 4.69) is 29.8 Å². The highest BCUT2D eigenvalue weighted by atomic mass is 32.1. The van der Waals surface area contributed by atoms with Crippen molar-refractivity contribution in [2.45, 2.75) is 37.8 Å². The maximum absolute atomic E-state index is 12.9. The molecule has 100 valence electrons. The van der Waals surface area contributed by atoms with E-state index in [1.807, 2.05) is 12.1 Å². The smallest absolute Gasteiger partial charge is 0.123 e. The summed E-state index contributed by atoms with van der Waals surface area (Å²) in [5, 5.41) is 5.79. The third-order valence-electron chi connectivity index (χ3n) is 3.94. The van der Waals surface area contributed by atoms with Gasteiger partial charge in [0.25, 0.3) is 0 Å². The average molecular weight is 275 g/mol. The number of thiophene rings is 1. The van der Waals surface area contributed by atoms with Gasteiger partial charge in [-0.3, -0.25) is 0 Å². The Morgan fingerprint density at radius 2 is 1.95 bits per heavy atom. The van der Waals surface area contributed by atoms with Gasteiger partial charge in [-0.2, -0.15) is 0 Å². The first-order valence-corrected chi connectivity index (χ1v) is 7.65. The lowest BCUT2D eigenvalue weighted by molar-refractivity contribution is 0.272. The first-order valence-electron chi connectivity index (χ1n) is 6.77. The standard InChI is InChI=1S/C16H18FNS/c1-11(16-3-2-8-19-16)18-15-9-13(10-15)12-4-6-14(17)7-5-12/h2-8,11,13,15,18H,9-10H2,1H3/t11-,13?,15?/m0/s1. The lowest BCUT2D eigenvalue weighted by atomic mass is 9.75. The summed E-state index contributed by atoms with van der Waals surface area (Å²) in [6.07, 6.45) is 2.31. The minimum Gasteiger partial charge on any atom is -0.307 e. The zero-order valence-electron chi connectivity index (χ0n) is 11.0. The molecule has 1 fully saturated rings. The van der Waals surface area contributed by atoms with Gasteiger partial charge >= 0.3 is 0 Å². The van der Waals surface area contributed by atoms with Crippen LogP contribution in [-0.2, 0) is 0 Å². The van der Waals surface area contributed by atoms with Crippen molar-refractivity contribution >= 4 is 11.3 Å². The molecule has 2 aromatic rings. The van der Waals surface area contributed by atoms with Crippen LogP contribution in [0.3, 0.4) is 0 Å². The third kappa shape index (κ3) is 2.88. The van der Waals surface area contributed by atoms with Crippen molar-refractivity contribution in [3.8, 4) is 0 Å². The van der Waals surface area contributed by atoms with Crippen LogP contribution in [0.15, 0.2) is 41.8 Å². The zero-order chi connectivity index (χ0) is 13.2. The van der Waals surface area contributed by atoms with Gasteiger partial charge in [0, 0.05) is 17.0 Å². The Bertz CT molecular complexity index is 514. The molecule has 3 heteroatoms. The molecule has 1 aliphatic carbocycles. The Balaban J connectivity index is 1.51. The summed E-state index contributed by atoms with van der Waals surface area (Å²) in [6, 6.07) is 12.2. The van der Waals surface area contributed by atoms with Gasteiger partial charge in [-0.25, -0.2) is 4.39 Å². The van der Waals surface area contributed by atoms with E-state index in [0.29, 0.717) is 18.0 Å². The Morgan fingerprint density at radius 1 is 1.21 bits per heavy atom. The molecule has 1 aliphatic rings. The van der Waals surface area contributed by atoms with Gasteiger partial charge in [-0.05, 0) is 54.8 Å². The monoisotopic (exact) mass is 275 g/mol. The lowest BCUT2D eigenvalue weighted by Crippen LogP contribution is -2.41. The summed E-state index contributed by atoms with van der Waals surface area (Å²) in [5.74, 6) is 0.442. The van der Waals surface area contributed by atoms with Crippen LogP contribution in [0.2, 0.25) is 0 Å². The molecule has 1 nitrogen and oxygen atoms in total. The molecule has 1 aromatic carbocycles. The van der Waals surface area contributed by atoms with Gasteiger partial charge in [0.2, 0.25) is 0 Å².